The predicted molar refractivity (Wildman–Crippen MR) is 102 cm³/mol. The molecule has 0 unspecified atom stereocenters. The first-order chi connectivity index (χ1) is 12.3. The summed E-state index contributed by atoms with van der Waals surface area (Å²) >= 11 is 0. The van der Waals surface area contributed by atoms with Gasteiger partial charge in [-0.3, -0.25) is 9.59 Å². The molecule has 0 atom stereocenters. The van der Waals surface area contributed by atoms with Crippen molar-refractivity contribution in [2.24, 2.45) is 0 Å². The molecule has 0 spiro atoms. The molecule has 2 amide bonds. The Labute approximate surface area is 153 Å². The molecule has 2 rings (SSSR count). The van der Waals surface area contributed by atoms with Crippen molar-refractivity contribution in [1.29, 1.82) is 0 Å². The van der Waals surface area contributed by atoms with Gasteiger partial charge in [-0.25, -0.2) is 4.39 Å². The van der Waals surface area contributed by atoms with E-state index in [2.05, 4.69) is 5.32 Å². The Balaban J connectivity index is 1.99. The molecule has 0 aliphatic heterocycles. The van der Waals surface area contributed by atoms with Crippen molar-refractivity contribution in [3.8, 4) is 0 Å². The van der Waals surface area contributed by atoms with Gasteiger partial charge >= 0.3 is 0 Å². The molecule has 0 fully saturated rings. The SMILES string of the molecule is C/C(=C\C(=O)N(C)CC(=O)Nc1cccc(C)c1C)c1ccc(F)cc1. The number of hydrogen-bond donors (Lipinski definition) is 1. The van der Waals surface area contributed by atoms with E-state index in [1.54, 1.807) is 26.1 Å². The number of allylic oxidation sites excluding steroid dienone is 1. The lowest BCUT2D eigenvalue weighted by Crippen LogP contribution is -2.34. The van der Waals surface area contributed by atoms with Crippen LogP contribution >= 0.6 is 0 Å². The molecular formula is C21H23FN2O2. The summed E-state index contributed by atoms with van der Waals surface area (Å²) in [5.74, 6) is -0.876. The van der Waals surface area contributed by atoms with E-state index >= 15 is 0 Å². The molecule has 0 saturated carbocycles. The second-order valence-electron chi connectivity index (χ2n) is 6.32. The number of hydrogen-bond acceptors (Lipinski definition) is 2. The summed E-state index contributed by atoms with van der Waals surface area (Å²) in [5, 5.41) is 2.83. The molecule has 0 aliphatic carbocycles. The summed E-state index contributed by atoms with van der Waals surface area (Å²) in [7, 11) is 1.57. The van der Waals surface area contributed by atoms with Crippen molar-refractivity contribution in [3.05, 3.63) is 71.0 Å². The maximum Gasteiger partial charge on any atom is 0.247 e. The highest BCUT2D eigenvalue weighted by Crippen LogP contribution is 2.18. The van der Waals surface area contributed by atoms with Gasteiger partial charge in [-0.2, -0.15) is 0 Å². The molecule has 2 aromatic rings. The number of carbonyl (C=O) groups is 2. The maximum absolute atomic E-state index is 13.0. The third-order valence-electron chi connectivity index (χ3n) is 4.28. The summed E-state index contributed by atoms with van der Waals surface area (Å²) < 4.78 is 13.0. The fourth-order valence-electron chi connectivity index (χ4n) is 2.46. The highest BCUT2D eigenvalue weighted by Gasteiger charge is 2.13. The highest BCUT2D eigenvalue weighted by atomic mass is 19.1. The number of amides is 2. The Hall–Kier alpha value is -2.95. The monoisotopic (exact) mass is 354 g/mol. The fraction of sp³-hybridized carbons (Fsp3) is 0.238. The zero-order chi connectivity index (χ0) is 19.3. The molecule has 0 saturated heterocycles. The van der Waals surface area contributed by atoms with Crippen molar-refractivity contribution in [1.82, 2.24) is 4.90 Å². The topological polar surface area (TPSA) is 49.4 Å². The summed E-state index contributed by atoms with van der Waals surface area (Å²) in [6.07, 6.45) is 1.44. The van der Waals surface area contributed by atoms with Gasteiger partial charge in [0, 0.05) is 18.8 Å². The van der Waals surface area contributed by atoms with Crippen LogP contribution in [0.4, 0.5) is 10.1 Å². The quantitative estimate of drug-likeness (QED) is 0.827. The van der Waals surface area contributed by atoms with Gasteiger partial charge in [0.05, 0.1) is 6.54 Å². The molecule has 0 radical (unpaired) electrons. The lowest BCUT2D eigenvalue weighted by atomic mass is 10.1. The zero-order valence-electron chi connectivity index (χ0n) is 15.5. The summed E-state index contributed by atoms with van der Waals surface area (Å²) in [5.41, 5.74) is 4.30. The van der Waals surface area contributed by atoms with Crippen molar-refractivity contribution in [3.63, 3.8) is 0 Å². The molecule has 1 N–H and O–H groups in total. The second-order valence-corrected chi connectivity index (χ2v) is 6.32. The van der Waals surface area contributed by atoms with Crippen molar-refractivity contribution < 1.29 is 14.0 Å². The molecule has 26 heavy (non-hydrogen) atoms. The van der Waals surface area contributed by atoms with Crippen molar-refractivity contribution in [2.45, 2.75) is 20.8 Å². The molecule has 136 valence electrons. The van der Waals surface area contributed by atoms with Crippen LogP contribution in [0.3, 0.4) is 0 Å². The van der Waals surface area contributed by atoms with Gasteiger partial charge in [0.2, 0.25) is 11.8 Å². The van der Waals surface area contributed by atoms with E-state index in [1.807, 2.05) is 32.0 Å². The van der Waals surface area contributed by atoms with Crippen LogP contribution in [0.25, 0.3) is 5.57 Å². The molecule has 0 aromatic heterocycles. The van der Waals surface area contributed by atoms with Gasteiger partial charge in [-0.05, 0) is 61.2 Å². The Morgan fingerprint density at radius 2 is 1.77 bits per heavy atom. The highest BCUT2D eigenvalue weighted by molar-refractivity contribution is 5.99. The van der Waals surface area contributed by atoms with E-state index < -0.39 is 0 Å². The summed E-state index contributed by atoms with van der Waals surface area (Å²) in [6.45, 7) is 5.63. The van der Waals surface area contributed by atoms with E-state index in [1.165, 1.54) is 23.1 Å². The van der Waals surface area contributed by atoms with Gasteiger partial charge in [-0.15, -0.1) is 0 Å². The lowest BCUT2D eigenvalue weighted by molar-refractivity contribution is -0.129. The Bertz CT molecular complexity index is 842. The van der Waals surface area contributed by atoms with E-state index in [0.29, 0.717) is 5.57 Å². The third kappa shape index (κ3) is 5.02. The largest absolute Gasteiger partial charge is 0.333 e. The molecule has 0 heterocycles. The van der Waals surface area contributed by atoms with Crippen LogP contribution in [-0.4, -0.2) is 30.3 Å². The summed E-state index contributed by atoms with van der Waals surface area (Å²) in [6, 6.07) is 11.6. The maximum atomic E-state index is 13.0. The van der Waals surface area contributed by atoms with E-state index in [9.17, 15) is 14.0 Å². The normalized spacial score (nSPS) is 11.2. The standard InChI is InChI=1S/C21H23FN2O2/c1-14-6-5-7-19(16(14)3)23-20(25)13-24(4)21(26)12-15(2)17-8-10-18(22)11-9-17/h5-12H,13H2,1-4H3,(H,23,25)/b15-12+. The number of anilines is 1. The van der Waals surface area contributed by atoms with Crippen LogP contribution in [-0.2, 0) is 9.59 Å². The first-order valence-electron chi connectivity index (χ1n) is 8.33. The first-order valence-corrected chi connectivity index (χ1v) is 8.33. The smallest absolute Gasteiger partial charge is 0.247 e. The molecule has 0 bridgehead atoms. The summed E-state index contributed by atoms with van der Waals surface area (Å²) in [4.78, 5) is 25.9. The number of likely N-dealkylation sites (N-methyl/N-ethyl adjacent to an activating group) is 1. The van der Waals surface area contributed by atoms with Crippen LogP contribution in [0, 0.1) is 19.7 Å². The number of nitrogens with one attached hydrogen (secondary N) is 1. The van der Waals surface area contributed by atoms with Gasteiger partial charge in [0.15, 0.2) is 0 Å². The van der Waals surface area contributed by atoms with Gasteiger partial charge in [0.25, 0.3) is 0 Å². The van der Waals surface area contributed by atoms with Gasteiger partial charge in [-0.1, -0.05) is 24.3 Å². The van der Waals surface area contributed by atoms with Gasteiger partial charge in [0.1, 0.15) is 5.82 Å². The van der Waals surface area contributed by atoms with Crippen LogP contribution in [0.5, 0.6) is 0 Å². The Morgan fingerprint density at radius 1 is 1.12 bits per heavy atom. The molecule has 5 heteroatoms. The predicted octanol–water partition coefficient (Wildman–Crippen LogP) is 3.94. The van der Waals surface area contributed by atoms with E-state index in [0.717, 1.165) is 22.4 Å². The number of halogens is 1. The van der Waals surface area contributed by atoms with Crippen LogP contribution in [0.2, 0.25) is 0 Å². The minimum atomic E-state index is -0.326. The van der Waals surface area contributed by atoms with Crippen molar-refractivity contribution >= 4 is 23.1 Å². The zero-order valence-corrected chi connectivity index (χ0v) is 15.5. The Kier molecular flexibility index (Phi) is 6.28. The van der Waals surface area contributed by atoms with Crippen molar-refractivity contribution in [2.75, 3.05) is 18.9 Å². The number of benzene rings is 2. The van der Waals surface area contributed by atoms with Crippen LogP contribution < -0.4 is 5.32 Å². The minimum Gasteiger partial charge on any atom is -0.333 e. The molecular weight excluding hydrogens is 331 g/mol. The third-order valence-corrected chi connectivity index (χ3v) is 4.28. The number of aryl methyl sites for hydroxylation is 1. The van der Waals surface area contributed by atoms with E-state index in [4.69, 9.17) is 0 Å². The number of nitrogens with zero attached hydrogens (tertiary/aromatic N) is 1. The lowest BCUT2D eigenvalue weighted by Gasteiger charge is -2.16. The van der Waals surface area contributed by atoms with E-state index in [-0.39, 0.29) is 24.2 Å². The average Bonchev–Trinajstić information content (AvgIpc) is 2.59. The van der Waals surface area contributed by atoms with Gasteiger partial charge < -0.3 is 10.2 Å². The molecule has 2 aromatic carbocycles. The number of rotatable bonds is 5. The number of carbonyl (C=O) groups excluding carboxylic acids is 2. The average molecular weight is 354 g/mol. The minimum absolute atomic E-state index is 0.0561. The fourth-order valence-corrected chi connectivity index (χ4v) is 2.46. The molecule has 4 nitrogen and oxygen atoms in total. The first kappa shape index (κ1) is 19.4. The van der Waals surface area contributed by atoms with Crippen LogP contribution in [0.1, 0.15) is 23.6 Å². The Morgan fingerprint density at radius 3 is 2.42 bits per heavy atom. The molecule has 0 aliphatic rings. The van der Waals surface area contributed by atoms with Crippen LogP contribution in [0.15, 0.2) is 48.5 Å². The second kappa shape index (κ2) is 8.43.